The van der Waals surface area contributed by atoms with Crippen molar-refractivity contribution in [2.45, 2.75) is 11.5 Å². The van der Waals surface area contributed by atoms with Crippen LogP contribution in [0, 0.1) is 12.3 Å². The summed E-state index contributed by atoms with van der Waals surface area (Å²) in [7, 11) is -3.68. The summed E-state index contributed by atoms with van der Waals surface area (Å²) in [5.41, 5.74) is 1.22. The first-order valence-corrected chi connectivity index (χ1v) is 10.0. The Morgan fingerprint density at radius 2 is 1.88 bits per heavy atom. The highest BCUT2D eigenvalue weighted by atomic mass is 32.2. The number of benzene rings is 2. The van der Waals surface area contributed by atoms with Gasteiger partial charge in [-0.05, 0) is 41.1 Å². The first-order chi connectivity index (χ1) is 12.5. The minimum atomic E-state index is -3.68. The number of esters is 1. The fraction of sp³-hybridized carbons (Fsp3) is 0.105. The normalized spacial score (nSPS) is 11.2. The van der Waals surface area contributed by atoms with Crippen LogP contribution in [0.1, 0.15) is 15.9 Å². The van der Waals surface area contributed by atoms with Crippen molar-refractivity contribution in [3.8, 4) is 12.3 Å². The Morgan fingerprint density at radius 1 is 1.15 bits per heavy atom. The van der Waals surface area contributed by atoms with Crippen molar-refractivity contribution in [2.75, 3.05) is 6.54 Å². The van der Waals surface area contributed by atoms with Crippen molar-refractivity contribution in [1.82, 2.24) is 4.72 Å². The molecule has 3 aromatic rings. The lowest BCUT2D eigenvalue weighted by atomic mass is 10.2. The molecule has 0 fully saturated rings. The summed E-state index contributed by atoms with van der Waals surface area (Å²) < 4.78 is 32.6. The first-order valence-electron chi connectivity index (χ1n) is 7.67. The Bertz CT molecular complexity index is 1080. The van der Waals surface area contributed by atoms with E-state index in [0.29, 0.717) is 0 Å². The van der Waals surface area contributed by atoms with E-state index < -0.39 is 16.0 Å². The summed E-state index contributed by atoms with van der Waals surface area (Å²) in [5, 5.41) is 3.02. The van der Waals surface area contributed by atoms with Crippen LogP contribution in [0.5, 0.6) is 0 Å². The van der Waals surface area contributed by atoms with Gasteiger partial charge in [-0.3, -0.25) is 0 Å². The van der Waals surface area contributed by atoms with Gasteiger partial charge < -0.3 is 4.74 Å². The second-order valence-electron chi connectivity index (χ2n) is 5.39. The molecule has 1 aromatic heterocycles. The predicted molar refractivity (Wildman–Crippen MR) is 101 cm³/mol. The summed E-state index contributed by atoms with van der Waals surface area (Å²) in [5.74, 6) is 1.69. The highest BCUT2D eigenvalue weighted by Gasteiger charge is 2.15. The number of carbonyl (C=O) groups excluding carboxylic acids is 1. The molecule has 0 unspecified atom stereocenters. The maximum absolute atomic E-state index is 12.2. The first kappa shape index (κ1) is 18.1. The largest absolute Gasteiger partial charge is 0.457 e. The van der Waals surface area contributed by atoms with E-state index >= 15 is 0 Å². The highest BCUT2D eigenvalue weighted by Crippen LogP contribution is 2.26. The van der Waals surface area contributed by atoms with Crippen LogP contribution in [0.4, 0.5) is 0 Å². The molecule has 0 spiro atoms. The topological polar surface area (TPSA) is 72.5 Å². The molecule has 1 N–H and O–H groups in total. The van der Waals surface area contributed by atoms with E-state index in [9.17, 15) is 13.2 Å². The van der Waals surface area contributed by atoms with Crippen molar-refractivity contribution in [1.29, 1.82) is 0 Å². The Balaban J connectivity index is 1.68. The smallest absolute Gasteiger partial charge is 0.338 e. The molecule has 0 aliphatic heterocycles. The Labute approximate surface area is 155 Å². The van der Waals surface area contributed by atoms with E-state index in [-0.39, 0.29) is 23.6 Å². The van der Waals surface area contributed by atoms with Gasteiger partial charge in [-0.15, -0.1) is 17.8 Å². The molecule has 0 saturated heterocycles. The molecule has 0 atom stereocenters. The van der Waals surface area contributed by atoms with Crippen molar-refractivity contribution >= 4 is 37.4 Å². The van der Waals surface area contributed by atoms with Crippen LogP contribution in [-0.2, 0) is 21.4 Å². The average molecular weight is 385 g/mol. The second kappa shape index (κ2) is 7.70. The molecule has 3 rings (SSSR count). The van der Waals surface area contributed by atoms with Crippen molar-refractivity contribution in [3.05, 3.63) is 65.0 Å². The zero-order valence-electron chi connectivity index (χ0n) is 13.6. The summed E-state index contributed by atoms with van der Waals surface area (Å²) in [6.07, 6.45) is 5.05. The maximum Gasteiger partial charge on any atom is 0.338 e. The van der Waals surface area contributed by atoms with Crippen LogP contribution in [-0.4, -0.2) is 20.9 Å². The number of thiophene rings is 1. The Kier molecular flexibility index (Phi) is 5.38. The van der Waals surface area contributed by atoms with Gasteiger partial charge in [-0.25, -0.2) is 13.2 Å². The van der Waals surface area contributed by atoms with Gasteiger partial charge in [0, 0.05) is 10.3 Å². The van der Waals surface area contributed by atoms with E-state index in [2.05, 4.69) is 10.6 Å². The van der Waals surface area contributed by atoms with Crippen LogP contribution in [0.3, 0.4) is 0 Å². The maximum atomic E-state index is 12.2. The number of hydrogen-bond acceptors (Lipinski definition) is 5. The molecule has 7 heteroatoms. The van der Waals surface area contributed by atoms with Crippen LogP contribution in [0.15, 0.2) is 58.8 Å². The Morgan fingerprint density at radius 3 is 2.62 bits per heavy atom. The highest BCUT2D eigenvalue weighted by molar-refractivity contribution is 7.89. The fourth-order valence-corrected chi connectivity index (χ4v) is 4.24. The molecule has 0 aliphatic rings. The van der Waals surface area contributed by atoms with Gasteiger partial charge in [0.1, 0.15) is 6.61 Å². The lowest BCUT2D eigenvalue weighted by molar-refractivity contribution is 0.0474. The lowest BCUT2D eigenvalue weighted by Gasteiger charge is -2.07. The van der Waals surface area contributed by atoms with E-state index in [0.717, 1.165) is 15.6 Å². The molecule has 132 valence electrons. The van der Waals surface area contributed by atoms with E-state index in [1.807, 2.05) is 29.6 Å². The van der Waals surface area contributed by atoms with E-state index in [1.54, 1.807) is 11.3 Å². The summed E-state index contributed by atoms with van der Waals surface area (Å²) in [4.78, 5) is 12.2. The number of rotatable bonds is 6. The number of sulfonamides is 1. The number of carbonyl (C=O) groups is 1. The Hall–Kier alpha value is -2.66. The molecule has 0 saturated carbocycles. The summed E-state index contributed by atoms with van der Waals surface area (Å²) >= 11 is 1.59. The standard InChI is InChI=1S/C19H15NO4S2/c1-2-11-20-26(22,23)16-9-7-14(8-10-16)19(21)24-12-15-13-25-18-6-4-3-5-17(15)18/h1,3-10,13,20H,11-12H2. The average Bonchev–Trinajstić information content (AvgIpc) is 3.08. The lowest BCUT2D eigenvalue weighted by Crippen LogP contribution is -2.23. The molecule has 1 heterocycles. The quantitative estimate of drug-likeness (QED) is 0.523. The molecule has 0 amide bonds. The van der Waals surface area contributed by atoms with Gasteiger partial charge in [0.15, 0.2) is 0 Å². The summed E-state index contributed by atoms with van der Waals surface area (Å²) in [6.45, 7) is 0.0628. The molecular weight excluding hydrogens is 370 g/mol. The second-order valence-corrected chi connectivity index (χ2v) is 8.06. The monoisotopic (exact) mass is 385 g/mol. The van der Waals surface area contributed by atoms with Crippen molar-refractivity contribution < 1.29 is 17.9 Å². The minimum absolute atomic E-state index is 0.0353. The third-order valence-corrected chi connectivity index (χ3v) is 6.11. The van der Waals surface area contributed by atoms with Gasteiger partial charge >= 0.3 is 5.97 Å². The number of ether oxygens (including phenoxy) is 1. The van der Waals surface area contributed by atoms with Gasteiger partial charge in [0.25, 0.3) is 0 Å². The van der Waals surface area contributed by atoms with Gasteiger partial charge in [0.05, 0.1) is 17.0 Å². The zero-order chi connectivity index (χ0) is 18.6. The number of nitrogens with one attached hydrogen (secondary N) is 1. The third-order valence-electron chi connectivity index (χ3n) is 3.68. The van der Waals surface area contributed by atoms with Gasteiger partial charge in [0.2, 0.25) is 10.0 Å². The van der Waals surface area contributed by atoms with Crippen molar-refractivity contribution in [3.63, 3.8) is 0 Å². The van der Waals surface area contributed by atoms with E-state index in [4.69, 9.17) is 11.2 Å². The predicted octanol–water partition coefficient (Wildman–Crippen LogP) is 3.17. The summed E-state index contributed by atoms with van der Waals surface area (Å²) in [6, 6.07) is 13.4. The van der Waals surface area contributed by atoms with Crippen molar-refractivity contribution in [2.24, 2.45) is 0 Å². The molecule has 0 aliphatic carbocycles. The third kappa shape index (κ3) is 3.94. The van der Waals surface area contributed by atoms with E-state index in [1.165, 1.54) is 24.3 Å². The SMILES string of the molecule is C#CCNS(=O)(=O)c1ccc(C(=O)OCc2csc3ccccc23)cc1. The number of terminal acetylenes is 1. The molecule has 26 heavy (non-hydrogen) atoms. The molecule has 2 aromatic carbocycles. The fourth-order valence-electron chi connectivity index (χ4n) is 2.36. The molecule has 0 radical (unpaired) electrons. The van der Waals surface area contributed by atoms with Crippen LogP contribution in [0.2, 0.25) is 0 Å². The van der Waals surface area contributed by atoms with Gasteiger partial charge in [-0.2, -0.15) is 4.72 Å². The molecular formula is C19H15NO4S2. The van der Waals surface area contributed by atoms with Crippen LogP contribution in [0.25, 0.3) is 10.1 Å². The molecule has 5 nitrogen and oxygen atoms in total. The number of fused-ring (bicyclic) bond motifs is 1. The zero-order valence-corrected chi connectivity index (χ0v) is 15.3. The van der Waals surface area contributed by atoms with Crippen LogP contribution >= 0.6 is 11.3 Å². The number of hydrogen-bond donors (Lipinski definition) is 1. The van der Waals surface area contributed by atoms with Crippen LogP contribution < -0.4 is 4.72 Å². The molecule has 0 bridgehead atoms. The van der Waals surface area contributed by atoms with Gasteiger partial charge in [-0.1, -0.05) is 24.1 Å². The minimum Gasteiger partial charge on any atom is -0.457 e.